The molecule has 0 heterocycles. The van der Waals surface area contributed by atoms with E-state index in [-0.39, 0.29) is 22.8 Å². The summed E-state index contributed by atoms with van der Waals surface area (Å²) in [5.74, 6) is 0.674. The van der Waals surface area contributed by atoms with Gasteiger partial charge < -0.3 is 9.47 Å². The summed E-state index contributed by atoms with van der Waals surface area (Å²) in [4.78, 5) is 0.106. The van der Waals surface area contributed by atoms with Gasteiger partial charge in [0.2, 0.25) is 0 Å². The quantitative estimate of drug-likeness (QED) is 0.631. The first-order valence-electron chi connectivity index (χ1n) is 8.81. The molecule has 0 aliphatic heterocycles. The molecule has 0 radical (unpaired) electrons. The number of anilines is 1. The fourth-order valence-electron chi connectivity index (χ4n) is 2.67. The van der Waals surface area contributed by atoms with Gasteiger partial charge in [0.25, 0.3) is 10.0 Å². The van der Waals surface area contributed by atoms with Crippen LogP contribution in [0.15, 0.2) is 71.6 Å². The Morgan fingerprint density at radius 3 is 2.31 bits per heavy atom. The number of hydrogen-bond donors (Lipinski definition) is 1. The van der Waals surface area contributed by atoms with Crippen LogP contribution in [0.3, 0.4) is 0 Å². The first-order chi connectivity index (χ1) is 13.9. The molecule has 0 bridgehead atoms. The van der Waals surface area contributed by atoms with Gasteiger partial charge in [0, 0.05) is 12.1 Å². The smallest absolute Gasteiger partial charge is 0.261 e. The number of aryl methyl sites for hydroxylation is 1. The highest BCUT2D eigenvalue weighted by Gasteiger charge is 2.19. The molecule has 0 saturated heterocycles. The SMILES string of the molecule is COc1cc(C#N)c(NS(=O)(=O)c2ccc(C)cc2)cc1OCc1ccccc1. The van der Waals surface area contributed by atoms with E-state index in [1.54, 1.807) is 12.1 Å². The van der Waals surface area contributed by atoms with Crippen LogP contribution < -0.4 is 14.2 Å². The number of hydrogen-bond acceptors (Lipinski definition) is 5. The number of ether oxygens (including phenoxy) is 2. The predicted octanol–water partition coefficient (Wildman–Crippen LogP) is 4.26. The highest BCUT2D eigenvalue weighted by atomic mass is 32.2. The molecule has 0 spiro atoms. The largest absolute Gasteiger partial charge is 0.493 e. The molecule has 0 unspecified atom stereocenters. The summed E-state index contributed by atoms with van der Waals surface area (Å²) in [5.41, 5.74) is 2.14. The molecule has 0 saturated carbocycles. The van der Waals surface area contributed by atoms with Crippen LogP contribution >= 0.6 is 0 Å². The number of rotatable bonds is 7. The van der Waals surface area contributed by atoms with Gasteiger partial charge in [0.15, 0.2) is 11.5 Å². The molecular formula is C22H20N2O4S. The number of sulfonamides is 1. The third-order valence-corrected chi connectivity index (χ3v) is 5.62. The predicted molar refractivity (Wildman–Crippen MR) is 110 cm³/mol. The topological polar surface area (TPSA) is 88.4 Å². The van der Waals surface area contributed by atoms with Crippen molar-refractivity contribution >= 4 is 15.7 Å². The minimum absolute atomic E-state index is 0.106. The van der Waals surface area contributed by atoms with Gasteiger partial charge in [-0.1, -0.05) is 48.0 Å². The third-order valence-electron chi connectivity index (χ3n) is 4.24. The molecule has 3 aromatic carbocycles. The van der Waals surface area contributed by atoms with Gasteiger partial charge in [0.1, 0.15) is 12.7 Å². The average Bonchev–Trinajstić information content (AvgIpc) is 2.73. The summed E-state index contributed by atoms with van der Waals surface area (Å²) in [7, 11) is -2.40. The van der Waals surface area contributed by atoms with E-state index in [0.717, 1.165) is 11.1 Å². The highest BCUT2D eigenvalue weighted by Crippen LogP contribution is 2.35. The van der Waals surface area contributed by atoms with Gasteiger partial charge in [-0.15, -0.1) is 0 Å². The Balaban J connectivity index is 1.93. The number of nitriles is 1. The van der Waals surface area contributed by atoms with E-state index >= 15 is 0 Å². The van der Waals surface area contributed by atoms with Gasteiger partial charge in [-0.25, -0.2) is 8.42 Å². The van der Waals surface area contributed by atoms with Crippen LogP contribution in [-0.4, -0.2) is 15.5 Å². The Labute approximate surface area is 170 Å². The first-order valence-corrected chi connectivity index (χ1v) is 10.3. The van der Waals surface area contributed by atoms with Crippen molar-refractivity contribution in [3.8, 4) is 17.6 Å². The number of methoxy groups -OCH3 is 1. The second kappa shape index (κ2) is 8.67. The zero-order valence-corrected chi connectivity index (χ0v) is 16.9. The molecule has 29 heavy (non-hydrogen) atoms. The molecule has 0 aromatic heterocycles. The fourth-order valence-corrected chi connectivity index (χ4v) is 3.74. The number of nitrogens with zero attached hydrogens (tertiary/aromatic N) is 1. The summed E-state index contributed by atoms with van der Waals surface area (Å²) in [6.45, 7) is 2.14. The van der Waals surface area contributed by atoms with Crippen LogP contribution in [0, 0.1) is 18.3 Å². The minimum Gasteiger partial charge on any atom is -0.493 e. The van der Waals surface area contributed by atoms with Crippen molar-refractivity contribution in [2.24, 2.45) is 0 Å². The van der Waals surface area contributed by atoms with E-state index in [4.69, 9.17) is 9.47 Å². The average molecular weight is 408 g/mol. The summed E-state index contributed by atoms with van der Waals surface area (Å²) >= 11 is 0. The molecule has 3 rings (SSSR count). The molecule has 7 heteroatoms. The summed E-state index contributed by atoms with van der Waals surface area (Å²) in [6.07, 6.45) is 0. The lowest BCUT2D eigenvalue weighted by Gasteiger charge is -2.15. The Bertz CT molecular complexity index is 1140. The normalized spacial score (nSPS) is 10.8. The van der Waals surface area contributed by atoms with Gasteiger partial charge in [-0.05, 0) is 24.6 Å². The second-order valence-electron chi connectivity index (χ2n) is 6.35. The minimum atomic E-state index is -3.86. The molecule has 6 nitrogen and oxygen atoms in total. The first kappa shape index (κ1) is 20.2. The van der Waals surface area contributed by atoms with Crippen LogP contribution in [0.1, 0.15) is 16.7 Å². The Morgan fingerprint density at radius 1 is 1.00 bits per heavy atom. The third kappa shape index (κ3) is 4.86. The molecular weight excluding hydrogens is 388 g/mol. The molecule has 0 atom stereocenters. The van der Waals surface area contributed by atoms with Crippen molar-refractivity contribution < 1.29 is 17.9 Å². The van der Waals surface area contributed by atoms with Gasteiger partial charge in [-0.3, -0.25) is 4.72 Å². The Kier molecular flexibility index (Phi) is 6.05. The number of benzene rings is 3. The van der Waals surface area contributed by atoms with Crippen LogP contribution in [-0.2, 0) is 16.6 Å². The molecule has 0 amide bonds. The van der Waals surface area contributed by atoms with Crippen LogP contribution in [0.2, 0.25) is 0 Å². The van der Waals surface area contributed by atoms with Crippen LogP contribution in [0.4, 0.5) is 5.69 Å². The number of nitrogens with one attached hydrogen (secondary N) is 1. The monoisotopic (exact) mass is 408 g/mol. The van der Waals surface area contributed by atoms with Crippen molar-refractivity contribution in [2.75, 3.05) is 11.8 Å². The lowest BCUT2D eigenvalue weighted by molar-refractivity contribution is 0.284. The van der Waals surface area contributed by atoms with E-state index in [9.17, 15) is 13.7 Å². The molecule has 0 aliphatic rings. The maximum absolute atomic E-state index is 12.7. The van der Waals surface area contributed by atoms with E-state index in [1.807, 2.05) is 43.3 Å². The standard InChI is InChI=1S/C22H20N2O4S/c1-16-8-10-19(11-9-16)29(25,26)24-20-13-22(21(27-2)12-18(20)14-23)28-15-17-6-4-3-5-7-17/h3-13,24H,15H2,1-2H3. The molecule has 0 fully saturated rings. The van der Waals surface area contributed by atoms with Crippen LogP contribution in [0.5, 0.6) is 11.5 Å². The van der Waals surface area contributed by atoms with Crippen molar-refractivity contribution in [2.45, 2.75) is 18.4 Å². The summed E-state index contributed by atoms with van der Waals surface area (Å²) in [5, 5.41) is 9.46. The van der Waals surface area contributed by atoms with E-state index in [2.05, 4.69) is 4.72 Å². The fraction of sp³-hybridized carbons (Fsp3) is 0.136. The molecule has 148 valence electrons. The van der Waals surface area contributed by atoms with Gasteiger partial charge in [0.05, 0.1) is 23.3 Å². The van der Waals surface area contributed by atoms with E-state index in [0.29, 0.717) is 11.5 Å². The Hall–Kier alpha value is -3.50. The van der Waals surface area contributed by atoms with Crippen molar-refractivity contribution in [1.29, 1.82) is 5.26 Å². The van der Waals surface area contributed by atoms with E-state index < -0.39 is 10.0 Å². The van der Waals surface area contributed by atoms with Gasteiger partial charge >= 0.3 is 0 Å². The lowest BCUT2D eigenvalue weighted by Crippen LogP contribution is -2.14. The zero-order chi connectivity index (χ0) is 20.9. The van der Waals surface area contributed by atoms with Gasteiger partial charge in [-0.2, -0.15) is 5.26 Å². The Morgan fingerprint density at radius 2 is 1.69 bits per heavy atom. The molecule has 0 aliphatic carbocycles. The van der Waals surface area contributed by atoms with E-state index in [1.165, 1.54) is 31.4 Å². The summed E-state index contributed by atoms with van der Waals surface area (Å²) < 4.78 is 39.1. The second-order valence-corrected chi connectivity index (χ2v) is 8.04. The maximum atomic E-state index is 12.7. The zero-order valence-electron chi connectivity index (χ0n) is 16.0. The molecule has 3 aromatic rings. The molecule has 1 N–H and O–H groups in total. The highest BCUT2D eigenvalue weighted by molar-refractivity contribution is 7.92. The van der Waals surface area contributed by atoms with Crippen LogP contribution in [0.25, 0.3) is 0 Å². The lowest BCUT2D eigenvalue weighted by atomic mass is 10.1. The van der Waals surface area contributed by atoms with Crippen molar-refractivity contribution in [1.82, 2.24) is 0 Å². The van der Waals surface area contributed by atoms with Crippen molar-refractivity contribution in [3.63, 3.8) is 0 Å². The van der Waals surface area contributed by atoms with Crippen molar-refractivity contribution in [3.05, 3.63) is 83.4 Å². The maximum Gasteiger partial charge on any atom is 0.261 e. The summed E-state index contributed by atoms with van der Waals surface area (Å²) in [6, 6.07) is 20.9.